The number of likely N-dealkylation sites (N-methyl/N-ethyl adjacent to an activating group) is 1. The van der Waals surface area contributed by atoms with Gasteiger partial charge in [0.15, 0.2) is 0 Å². The molecule has 2 heterocycles. The van der Waals surface area contributed by atoms with Crippen LogP contribution in [0.1, 0.15) is 24.0 Å². The van der Waals surface area contributed by atoms with E-state index in [0.29, 0.717) is 6.04 Å². The average molecular weight is 225 g/mol. The van der Waals surface area contributed by atoms with E-state index >= 15 is 0 Å². The van der Waals surface area contributed by atoms with Crippen LogP contribution >= 0.6 is 11.3 Å². The van der Waals surface area contributed by atoms with Crippen molar-refractivity contribution in [1.29, 1.82) is 0 Å². The molecule has 3 nitrogen and oxygen atoms in total. The summed E-state index contributed by atoms with van der Waals surface area (Å²) in [6, 6.07) is 0.710. The molecule has 4 heteroatoms. The quantitative estimate of drug-likeness (QED) is 0.823. The largest absolute Gasteiger partial charge is 0.314 e. The summed E-state index contributed by atoms with van der Waals surface area (Å²) >= 11 is 1.80. The molecule has 1 N–H and O–H groups in total. The van der Waals surface area contributed by atoms with Crippen LogP contribution in [0.4, 0.5) is 0 Å². The minimum atomic E-state index is 0.710. The van der Waals surface area contributed by atoms with Gasteiger partial charge in [-0.25, -0.2) is 4.98 Å². The zero-order valence-electron chi connectivity index (χ0n) is 9.49. The number of hydrogen-bond acceptors (Lipinski definition) is 4. The van der Waals surface area contributed by atoms with Crippen LogP contribution in [-0.2, 0) is 13.0 Å². The Kier molecular flexibility index (Phi) is 3.72. The molecule has 0 atom stereocenters. The molecule has 1 aromatic rings. The summed E-state index contributed by atoms with van der Waals surface area (Å²) < 4.78 is 0. The Bertz CT molecular complexity index is 307. The lowest BCUT2D eigenvalue weighted by Gasteiger charge is -2.35. The zero-order valence-corrected chi connectivity index (χ0v) is 10.3. The molecular formula is C11H19N3S. The summed E-state index contributed by atoms with van der Waals surface area (Å²) in [6.07, 6.45) is 2.31. The molecule has 1 fully saturated rings. The number of aryl methyl sites for hydroxylation is 1. The summed E-state index contributed by atoms with van der Waals surface area (Å²) in [6.45, 7) is 5.45. The van der Waals surface area contributed by atoms with Gasteiger partial charge in [0.05, 0.1) is 10.7 Å². The Labute approximate surface area is 95.5 Å². The van der Waals surface area contributed by atoms with Crippen LogP contribution in [0, 0.1) is 0 Å². The summed E-state index contributed by atoms with van der Waals surface area (Å²) in [5.41, 5.74) is 1.23. The van der Waals surface area contributed by atoms with Crippen molar-refractivity contribution in [3.05, 3.63) is 16.1 Å². The predicted molar refractivity (Wildman–Crippen MR) is 64.2 cm³/mol. The SMILES string of the molecule is CCCc1nc(CN(C)C2CNC2)cs1. The third-order valence-electron chi connectivity index (χ3n) is 2.86. The maximum Gasteiger partial charge on any atom is 0.0928 e. The lowest BCUT2D eigenvalue weighted by Crippen LogP contribution is -2.55. The Morgan fingerprint density at radius 1 is 1.60 bits per heavy atom. The average Bonchev–Trinajstić information content (AvgIpc) is 2.49. The van der Waals surface area contributed by atoms with Crippen LogP contribution in [-0.4, -0.2) is 36.1 Å². The maximum atomic E-state index is 4.64. The third-order valence-corrected chi connectivity index (χ3v) is 3.82. The highest BCUT2D eigenvalue weighted by Gasteiger charge is 2.21. The molecule has 0 radical (unpaired) electrons. The van der Waals surface area contributed by atoms with E-state index in [1.165, 1.54) is 17.1 Å². The van der Waals surface area contributed by atoms with Crippen molar-refractivity contribution < 1.29 is 0 Å². The first-order valence-corrected chi connectivity index (χ1v) is 6.51. The van der Waals surface area contributed by atoms with Gasteiger partial charge in [-0.15, -0.1) is 11.3 Å². The molecule has 0 aliphatic carbocycles. The summed E-state index contributed by atoms with van der Waals surface area (Å²) in [4.78, 5) is 7.03. The van der Waals surface area contributed by atoms with Crippen molar-refractivity contribution in [3.8, 4) is 0 Å². The fourth-order valence-corrected chi connectivity index (χ4v) is 2.61. The second-order valence-electron chi connectivity index (χ2n) is 4.21. The van der Waals surface area contributed by atoms with Gasteiger partial charge >= 0.3 is 0 Å². The second-order valence-corrected chi connectivity index (χ2v) is 5.15. The van der Waals surface area contributed by atoms with E-state index in [-0.39, 0.29) is 0 Å². The number of aromatic nitrogens is 1. The first kappa shape index (κ1) is 11.0. The molecule has 0 amide bonds. The van der Waals surface area contributed by atoms with Crippen LogP contribution in [0.5, 0.6) is 0 Å². The van der Waals surface area contributed by atoms with Gasteiger partial charge in [0.25, 0.3) is 0 Å². The highest BCUT2D eigenvalue weighted by molar-refractivity contribution is 7.09. The van der Waals surface area contributed by atoms with E-state index in [9.17, 15) is 0 Å². The zero-order chi connectivity index (χ0) is 10.7. The first-order valence-electron chi connectivity index (χ1n) is 5.64. The highest BCUT2D eigenvalue weighted by atomic mass is 32.1. The third kappa shape index (κ3) is 2.77. The normalized spacial score (nSPS) is 17.0. The molecule has 15 heavy (non-hydrogen) atoms. The Balaban J connectivity index is 1.86. The van der Waals surface area contributed by atoms with Gasteiger partial charge in [0.2, 0.25) is 0 Å². The predicted octanol–water partition coefficient (Wildman–Crippen LogP) is 1.50. The summed E-state index contributed by atoms with van der Waals surface area (Å²) in [5, 5.41) is 6.78. The minimum absolute atomic E-state index is 0.710. The van der Waals surface area contributed by atoms with E-state index in [1.807, 2.05) is 0 Å². The van der Waals surface area contributed by atoms with Crippen LogP contribution in [0.25, 0.3) is 0 Å². The second kappa shape index (κ2) is 5.05. The van der Waals surface area contributed by atoms with E-state index in [0.717, 1.165) is 26.1 Å². The van der Waals surface area contributed by atoms with Gasteiger partial charge in [0, 0.05) is 31.1 Å². The lowest BCUT2D eigenvalue weighted by atomic mass is 10.1. The van der Waals surface area contributed by atoms with Gasteiger partial charge in [-0.05, 0) is 19.9 Å². The molecule has 84 valence electrons. The molecule has 1 aliphatic heterocycles. The van der Waals surface area contributed by atoms with Crippen molar-refractivity contribution in [3.63, 3.8) is 0 Å². The van der Waals surface area contributed by atoms with E-state index < -0.39 is 0 Å². The monoisotopic (exact) mass is 225 g/mol. The summed E-state index contributed by atoms with van der Waals surface area (Å²) in [5.74, 6) is 0. The fraction of sp³-hybridized carbons (Fsp3) is 0.727. The van der Waals surface area contributed by atoms with Crippen molar-refractivity contribution >= 4 is 11.3 Å². The van der Waals surface area contributed by atoms with Crippen molar-refractivity contribution in [2.45, 2.75) is 32.4 Å². The number of nitrogens with zero attached hydrogens (tertiary/aromatic N) is 2. The van der Waals surface area contributed by atoms with Crippen molar-refractivity contribution in [2.75, 3.05) is 20.1 Å². The van der Waals surface area contributed by atoms with Crippen molar-refractivity contribution in [1.82, 2.24) is 15.2 Å². The van der Waals surface area contributed by atoms with E-state index in [1.54, 1.807) is 11.3 Å². The molecule has 0 unspecified atom stereocenters. The van der Waals surface area contributed by atoms with Gasteiger partial charge in [-0.3, -0.25) is 4.90 Å². The molecule has 0 aromatic carbocycles. The first-order chi connectivity index (χ1) is 7.29. The molecule has 0 saturated carbocycles. The van der Waals surface area contributed by atoms with E-state index in [4.69, 9.17) is 0 Å². The lowest BCUT2D eigenvalue weighted by molar-refractivity contribution is 0.171. The maximum absolute atomic E-state index is 4.64. The molecule has 2 rings (SSSR count). The van der Waals surface area contributed by atoms with Gasteiger partial charge in [0.1, 0.15) is 0 Å². The van der Waals surface area contributed by atoms with Gasteiger partial charge in [-0.1, -0.05) is 6.92 Å². The number of nitrogens with one attached hydrogen (secondary N) is 1. The van der Waals surface area contributed by atoms with Gasteiger partial charge in [-0.2, -0.15) is 0 Å². The topological polar surface area (TPSA) is 28.2 Å². The molecular weight excluding hydrogens is 206 g/mol. The molecule has 1 aliphatic rings. The van der Waals surface area contributed by atoms with E-state index in [2.05, 4.69) is 34.6 Å². The Morgan fingerprint density at radius 3 is 3.00 bits per heavy atom. The number of rotatable bonds is 5. The molecule has 1 aromatic heterocycles. The molecule has 0 spiro atoms. The number of hydrogen-bond donors (Lipinski definition) is 1. The highest BCUT2D eigenvalue weighted by Crippen LogP contribution is 2.14. The van der Waals surface area contributed by atoms with Crippen LogP contribution in [0.2, 0.25) is 0 Å². The Morgan fingerprint density at radius 2 is 2.40 bits per heavy atom. The fourth-order valence-electron chi connectivity index (χ4n) is 1.72. The standard InChI is InChI=1S/C11H19N3S/c1-3-4-11-13-9(8-15-11)7-14(2)10-5-12-6-10/h8,10,12H,3-7H2,1-2H3. The van der Waals surface area contributed by atoms with Gasteiger partial charge < -0.3 is 5.32 Å². The summed E-state index contributed by atoms with van der Waals surface area (Å²) in [7, 11) is 2.18. The minimum Gasteiger partial charge on any atom is -0.314 e. The Hall–Kier alpha value is -0.450. The van der Waals surface area contributed by atoms with Crippen LogP contribution in [0.3, 0.4) is 0 Å². The number of thiazole rings is 1. The van der Waals surface area contributed by atoms with Crippen molar-refractivity contribution in [2.24, 2.45) is 0 Å². The smallest absolute Gasteiger partial charge is 0.0928 e. The van der Waals surface area contributed by atoms with Crippen LogP contribution in [0.15, 0.2) is 5.38 Å². The van der Waals surface area contributed by atoms with Crippen LogP contribution < -0.4 is 5.32 Å². The molecule has 1 saturated heterocycles. The molecule has 0 bridgehead atoms.